The lowest BCUT2D eigenvalue weighted by Gasteiger charge is -2.13. The molecule has 3 aromatic carbocycles. The molecule has 4 rings (SSSR count). The molecule has 0 radical (unpaired) electrons. The highest BCUT2D eigenvalue weighted by atomic mass is 16.1. The molecule has 0 aliphatic heterocycles. The van der Waals surface area contributed by atoms with E-state index in [1.807, 2.05) is 68.4 Å². The van der Waals surface area contributed by atoms with Crippen LogP contribution in [-0.4, -0.2) is 10.9 Å². The number of aryl methyl sites for hydroxylation is 3. The van der Waals surface area contributed by atoms with Gasteiger partial charge in [-0.25, -0.2) is 4.98 Å². The smallest absolute Gasteiger partial charge is 0.256 e. The maximum absolute atomic E-state index is 13.1. The Hall–Kier alpha value is -3.46. The van der Waals surface area contributed by atoms with Crippen molar-refractivity contribution in [1.29, 1.82) is 0 Å². The van der Waals surface area contributed by atoms with Crippen LogP contribution in [-0.2, 0) is 0 Å². The van der Waals surface area contributed by atoms with E-state index in [2.05, 4.69) is 30.4 Å². The first-order chi connectivity index (χ1) is 13.5. The molecule has 1 heterocycles. The van der Waals surface area contributed by atoms with Crippen molar-refractivity contribution in [3.05, 3.63) is 95.1 Å². The highest BCUT2D eigenvalue weighted by Gasteiger charge is 2.16. The second-order valence-electron chi connectivity index (χ2n) is 7.22. The number of benzene rings is 3. The maximum Gasteiger partial charge on any atom is 0.256 e. The number of carbonyl (C=O) groups is 1. The van der Waals surface area contributed by atoms with E-state index in [0.717, 1.165) is 39.0 Å². The van der Waals surface area contributed by atoms with Crippen LogP contribution < -0.4 is 5.32 Å². The van der Waals surface area contributed by atoms with Crippen LogP contribution in [0.2, 0.25) is 0 Å². The predicted molar refractivity (Wildman–Crippen MR) is 116 cm³/mol. The van der Waals surface area contributed by atoms with Crippen molar-refractivity contribution in [1.82, 2.24) is 4.98 Å². The van der Waals surface area contributed by atoms with Gasteiger partial charge in [0.25, 0.3) is 5.91 Å². The van der Waals surface area contributed by atoms with Gasteiger partial charge in [-0.3, -0.25) is 4.79 Å². The van der Waals surface area contributed by atoms with E-state index in [0.29, 0.717) is 5.56 Å². The van der Waals surface area contributed by atoms with Crippen LogP contribution in [0.5, 0.6) is 0 Å². The molecular weight excluding hydrogens is 344 g/mol. The zero-order valence-electron chi connectivity index (χ0n) is 16.3. The van der Waals surface area contributed by atoms with Gasteiger partial charge in [0.2, 0.25) is 0 Å². The molecule has 1 amide bonds. The lowest BCUT2D eigenvalue weighted by atomic mass is 9.99. The molecule has 0 unspecified atom stereocenters. The third kappa shape index (κ3) is 3.52. The molecule has 0 aliphatic carbocycles. The molecule has 0 saturated carbocycles. The van der Waals surface area contributed by atoms with E-state index in [1.54, 1.807) is 0 Å². The summed E-state index contributed by atoms with van der Waals surface area (Å²) in [6, 6.07) is 23.8. The summed E-state index contributed by atoms with van der Waals surface area (Å²) in [6.45, 7) is 6.14. The fourth-order valence-corrected chi connectivity index (χ4v) is 3.46. The Labute approximate surface area is 165 Å². The van der Waals surface area contributed by atoms with Crippen molar-refractivity contribution in [2.75, 3.05) is 5.32 Å². The van der Waals surface area contributed by atoms with Gasteiger partial charge in [-0.2, -0.15) is 0 Å². The summed E-state index contributed by atoms with van der Waals surface area (Å²) in [6.07, 6.45) is 0. The molecule has 0 aliphatic rings. The van der Waals surface area contributed by atoms with Crippen LogP contribution in [0.15, 0.2) is 72.8 Å². The highest BCUT2D eigenvalue weighted by molar-refractivity contribution is 6.13. The molecule has 28 heavy (non-hydrogen) atoms. The number of pyridine rings is 1. The summed E-state index contributed by atoms with van der Waals surface area (Å²) in [5.74, 6) is -0.128. The van der Waals surface area contributed by atoms with Crippen LogP contribution >= 0.6 is 0 Å². The summed E-state index contributed by atoms with van der Waals surface area (Å²) >= 11 is 0. The zero-order chi connectivity index (χ0) is 19.7. The van der Waals surface area contributed by atoms with Crippen molar-refractivity contribution in [2.24, 2.45) is 0 Å². The number of anilines is 1. The summed E-state index contributed by atoms with van der Waals surface area (Å²) in [4.78, 5) is 18.0. The van der Waals surface area contributed by atoms with Crippen molar-refractivity contribution in [2.45, 2.75) is 20.8 Å². The summed E-state index contributed by atoms with van der Waals surface area (Å²) in [7, 11) is 0. The third-order valence-electron chi connectivity index (χ3n) is 4.87. The zero-order valence-corrected chi connectivity index (χ0v) is 16.3. The number of fused-ring (bicyclic) bond motifs is 1. The van der Waals surface area contributed by atoms with Gasteiger partial charge < -0.3 is 5.32 Å². The number of hydrogen-bond donors (Lipinski definition) is 1. The molecule has 0 fully saturated rings. The molecule has 1 aromatic heterocycles. The van der Waals surface area contributed by atoms with Crippen molar-refractivity contribution in [3.63, 3.8) is 0 Å². The summed E-state index contributed by atoms with van der Waals surface area (Å²) < 4.78 is 0. The molecule has 138 valence electrons. The third-order valence-corrected chi connectivity index (χ3v) is 4.87. The van der Waals surface area contributed by atoms with E-state index in [4.69, 9.17) is 4.98 Å². The van der Waals surface area contributed by atoms with Crippen LogP contribution in [0.4, 0.5) is 5.69 Å². The van der Waals surface area contributed by atoms with Crippen molar-refractivity contribution >= 4 is 22.5 Å². The molecule has 1 N–H and O–H groups in total. The first-order valence-corrected chi connectivity index (χ1v) is 9.37. The van der Waals surface area contributed by atoms with Gasteiger partial charge in [0.15, 0.2) is 0 Å². The minimum Gasteiger partial charge on any atom is -0.322 e. The van der Waals surface area contributed by atoms with Gasteiger partial charge in [0.1, 0.15) is 0 Å². The molecular formula is C25H22N2O. The van der Waals surface area contributed by atoms with Crippen molar-refractivity contribution < 1.29 is 4.79 Å². The van der Waals surface area contributed by atoms with E-state index < -0.39 is 0 Å². The normalized spacial score (nSPS) is 10.8. The summed E-state index contributed by atoms with van der Waals surface area (Å²) in [5.41, 5.74) is 7.45. The average Bonchev–Trinajstić information content (AvgIpc) is 2.68. The van der Waals surface area contributed by atoms with Gasteiger partial charge in [0.05, 0.1) is 16.8 Å². The Bertz CT molecular complexity index is 1160. The number of para-hydroxylation sites is 1. The lowest BCUT2D eigenvalue weighted by molar-refractivity contribution is 0.102. The number of aromatic nitrogens is 1. The SMILES string of the molecule is Cc1ccc(-c2cc(C(=O)Nc3ccccc3)c3cc(C)cc(C)c3n2)cc1. The standard InChI is InChI=1S/C25H22N2O/c1-16-9-11-19(12-10-16)23-15-22(25(28)26-20-7-5-4-6-8-20)21-14-17(2)13-18(3)24(21)27-23/h4-15H,1-3H3,(H,26,28). The fraction of sp³-hybridized carbons (Fsp3) is 0.120. The number of nitrogens with one attached hydrogen (secondary N) is 1. The molecule has 0 atom stereocenters. The first-order valence-electron chi connectivity index (χ1n) is 9.37. The van der Waals surface area contributed by atoms with E-state index in [9.17, 15) is 4.79 Å². The molecule has 3 heteroatoms. The monoisotopic (exact) mass is 366 g/mol. The van der Waals surface area contributed by atoms with Crippen LogP contribution in [0.1, 0.15) is 27.0 Å². The Balaban J connectivity index is 1.89. The van der Waals surface area contributed by atoms with E-state index in [1.165, 1.54) is 5.56 Å². The highest BCUT2D eigenvalue weighted by Crippen LogP contribution is 2.28. The Kier molecular flexibility index (Phi) is 4.66. The second kappa shape index (κ2) is 7.28. The van der Waals surface area contributed by atoms with Gasteiger partial charge in [-0.1, -0.05) is 59.7 Å². The molecule has 0 spiro atoms. The maximum atomic E-state index is 13.1. The minimum atomic E-state index is -0.128. The van der Waals surface area contributed by atoms with Crippen molar-refractivity contribution in [3.8, 4) is 11.3 Å². The number of amides is 1. The van der Waals surface area contributed by atoms with Crippen LogP contribution in [0, 0.1) is 20.8 Å². The van der Waals surface area contributed by atoms with Crippen LogP contribution in [0.25, 0.3) is 22.2 Å². The molecule has 4 aromatic rings. The van der Waals surface area contributed by atoms with Gasteiger partial charge in [-0.15, -0.1) is 0 Å². The number of hydrogen-bond acceptors (Lipinski definition) is 2. The minimum absolute atomic E-state index is 0.128. The Morgan fingerprint density at radius 3 is 2.25 bits per heavy atom. The topological polar surface area (TPSA) is 42.0 Å². The van der Waals surface area contributed by atoms with E-state index in [-0.39, 0.29) is 5.91 Å². The fourth-order valence-electron chi connectivity index (χ4n) is 3.46. The number of rotatable bonds is 3. The van der Waals surface area contributed by atoms with E-state index >= 15 is 0 Å². The van der Waals surface area contributed by atoms with Gasteiger partial charge >= 0.3 is 0 Å². The molecule has 0 saturated heterocycles. The number of carbonyl (C=O) groups excluding carboxylic acids is 1. The Morgan fingerprint density at radius 1 is 0.821 bits per heavy atom. The predicted octanol–water partition coefficient (Wildman–Crippen LogP) is 6.08. The second-order valence-corrected chi connectivity index (χ2v) is 7.22. The summed E-state index contributed by atoms with van der Waals surface area (Å²) in [5, 5.41) is 3.89. The number of nitrogens with zero attached hydrogens (tertiary/aromatic N) is 1. The average molecular weight is 366 g/mol. The quantitative estimate of drug-likeness (QED) is 0.477. The Morgan fingerprint density at radius 2 is 1.54 bits per heavy atom. The first kappa shape index (κ1) is 17.9. The van der Waals surface area contributed by atoms with Crippen LogP contribution in [0.3, 0.4) is 0 Å². The molecule has 3 nitrogen and oxygen atoms in total. The molecule has 0 bridgehead atoms. The van der Waals surface area contributed by atoms with Gasteiger partial charge in [0, 0.05) is 16.6 Å². The van der Waals surface area contributed by atoms with Gasteiger partial charge in [-0.05, 0) is 50.6 Å². The largest absolute Gasteiger partial charge is 0.322 e. The lowest BCUT2D eigenvalue weighted by Crippen LogP contribution is -2.13.